The number of rotatable bonds is 4. The standard InChI is InChI=1S/C16H18BrNO5/c1-22-9-16(15(20)21)4-5-18(8-16)14(19)12-7-23-13-3-2-10(17)6-11(12)13/h2-3,6,12H,4-5,7-9H2,1H3,(H,20,21). The number of carboxylic acids is 1. The molecule has 0 bridgehead atoms. The zero-order valence-corrected chi connectivity index (χ0v) is 14.3. The summed E-state index contributed by atoms with van der Waals surface area (Å²) in [5.41, 5.74) is -0.159. The van der Waals surface area contributed by atoms with Crippen molar-refractivity contribution in [3.05, 3.63) is 28.2 Å². The lowest BCUT2D eigenvalue weighted by Crippen LogP contribution is -2.41. The van der Waals surface area contributed by atoms with Crippen LogP contribution < -0.4 is 4.74 Å². The summed E-state index contributed by atoms with van der Waals surface area (Å²) in [5.74, 6) is -0.664. The highest BCUT2D eigenvalue weighted by Gasteiger charge is 2.48. The fourth-order valence-corrected chi connectivity index (χ4v) is 3.68. The minimum absolute atomic E-state index is 0.0823. The van der Waals surface area contributed by atoms with Crippen LogP contribution in [0.1, 0.15) is 17.9 Å². The Hall–Kier alpha value is -1.60. The first-order chi connectivity index (χ1) is 11.0. The lowest BCUT2D eigenvalue weighted by Gasteiger charge is -2.25. The quantitative estimate of drug-likeness (QED) is 0.858. The summed E-state index contributed by atoms with van der Waals surface area (Å²) in [5, 5.41) is 9.51. The Morgan fingerprint density at radius 2 is 2.30 bits per heavy atom. The molecule has 3 rings (SSSR count). The molecule has 1 aromatic rings. The van der Waals surface area contributed by atoms with Gasteiger partial charge >= 0.3 is 5.97 Å². The van der Waals surface area contributed by atoms with E-state index in [1.54, 1.807) is 4.90 Å². The number of methoxy groups -OCH3 is 1. The SMILES string of the molecule is COCC1(C(=O)O)CCN(C(=O)C2COc3ccc(Br)cc32)C1. The van der Waals surface area contributed by atoms with Crippen LogP contribution in [0.4, 0.5) is 0 Å². The Morgan fingerprint density at radius 3 is 3.00 bits per heavy atom. The largest absolute Gasteiger partial charge is 0.492 e. The first kappa shape index (κ1) is 16.3. The van der Waals surface area contributed by atoms with E-state index in [9.17, 15) is 14.7 Å². The van der Waals surface area contributed by atoms with E-state index in [1.807, 2.05) is 18.2 Å². The molecule has 0 radical (unpaired) electrons. The van der Waals surface area contributed by atoms with Gasteiger partial charge in [0.15, 0.2) is 0 Å². The van der Waals surface area contributed by atoms with E-state index in [-0.39, 0.29) is 25.0 Å². The predicted molar refractivity (Wildman–Crippen MR) is 85.5 cm³/mol. The minimum atomic E-state index is -1.01. The van der Waals surface area contributed by atoms with Crippen molar-refractivity contribution in [1.82, 2.24) is 4.90 Å². The van der Waals surface area contributed by atoms with Crippen molar-refractivity contribution < 1.29 is 24.2 Å². The Bertz CT molecular complexity index is 649. The van der Waals surface area contributed by atoms with E-state index in [2.05, 4.69) is 15.9 Å². The normalized spacial score (nSPS) is 26.0. The van der Waals surface area contributed by atoms with E-state index >= 15 is 0 Å². The molecule has 2 aliphatic rings. The number of amides is 1. The van der Waals surface area contributed by atoms with Crippen LogP contribution in [0.2, 0.25) is 0 Å². The Balaban J connectivity index is 1.79. The number of aliphatic carboxylic acids is 1. The molecule has 0 aliphatic carbocycles. The number of nitrogens with zero attached hydrogens (tertiary/aromatic N) is 1. The third kappa shape index (κ3) is 2.83. The van der Waals surface area contributed by atoms with E-state index < -0.39 is 11.4 Å². The average Bonchev–Trinajstić information content (AvgIpc) is 3.12. The van der Waals surface area contributed by atoms with Crippen LogP contribution in [0.5, 0.6) is 5.75 Å². The van der Waals surface area contributed by atoms with Gasteiger partial charge in [-0.25, -0.2) is 0 Å². The molecule has 2 unspecified atom stereocenters. The molecule has 1 aromatic carbocycles. The van der Waals surface area contributed by atoms with Crippen molar-refractivity contribution in [2.75, 3.05) is 33.4 Å². The highest BCUT2D eigenvalue weighted by atomic mass is 79.9. The molecule has 2 heterocycles. The summed E-state index contributed by atoms with van der Waals surface area (Å²) in [6.07, 6.45) is 0.404. The number of carbonyl (C=O) groups is 2. The second kappa shape index (κ2) is 6.13. The molecular weight excluding hydrogens is 366 g/mol. The summed E-state index contributed by atoms with van der Waals surface area (Å²) < 4.78 is 11.5. The molecule has 6 nitrogen and oxygen atoms in total. The molecule has 0 aromatic heterocycles. The number of carboxylic acid groups (broad SMARTS) is 1. The Labute approximate surface area is 142 Å². The number of hydrogen-bond donors (Lipinski definition) is 1. The number of halogens is 1. The molecule has 0 saturated carbocycles. The number of fused-ring (bicyclic) bond motifs is 1. The Morgan fingerprint density at radius 1 is 1.52 bits per heavy atom. The van der Waals surface area contributed by atoms with Crippen molar-refractivity contribution in [2.24, 2.45) is 5.41 Å². The van der Waals surface area contributed by atoms with Gasteiger partial charge in [-0.05, 0) is 24.6 Å². The molecule has 1 amide bonds. The number of hydrogen-bond acceptors (Lipinski definition) is 4. The highest BCUT2D eigenvalue weighted by Crippen LogP contribution is 2.39. The molecule has 0 spiro atoms. The molecule has 124 valence electrons. The van der Waals surface area contributed by atoms with Crippen LogP contribution in [0.3, 0.4) is 0 Å². The lowest BCUT2D eigenvalue weighted by atomic mass is 9.88. The van der Waals surface area contributed by atoms with Crippen molar-refractivity contribution in [3.63, 3.8) is 0 Å². The molecular formula is C16H18BrNO5. The van der Waals surface area contributed by atoms with Crippen LogP contribution in [0.15, 0.2) is 22.7 Å². The van der Waals surface area contributed by atoms with Gasteiger partial charge in [0.2, 0.25) is 5.91 Å². The molecule has 7 heteroatoms. The van der Waals surface area contributed by atoms with Gasteiger partial charge in [0.05, 0.1) is 6.61 Å². The number of likely N-dealkylation sites (tertiary alicyclic amines) is 1. The van der Waals surface area contributed by atoms with E-state index in [4.69, 9.17) is 9.47 Å². The number of carbonyl (C=O) groups excluding carboxylic acids is 1. The fourth-order valence-electron chi connectivity index (χ4n) is 3.30. The van der Waals surface area contributed by atoms with Gasteiger partial charge in [0, 0.05) is 30.2 Å². The molecule has 1 fully saturated rings. The van der Waals surface area contributed by atoms with Gasteiger partial charge in [0.1, 0.15) is 23.7 Å². The van der Waals surface area contributed by atoms with Crippen molar-refractivity contribution in [2.45, 2.75) is 12.3 Å². The lowest BCUT2D eigenvalue weighted by molar-refractivity contribution is -0.151. The topological polar surface area (TPSA) is 76.1 Å². The maximum atomic E-state index is 12.8. The van der Waals surface area contributed by atoms with Crippen molar-refractivity contribution in [3.8, 4) is 5.75 Å². The Kier molecular flexibility index (Phi) is 4.33. The molecule has 23 heavy (non-hydrogen) atoms. The summed E-state index contributed by atoms with van der Waals surface area (Å²) in [6, 6.07) is 5.60. The first-order valence-electron chi connectivity index (χ1n) is 7.40. The van der Waals surface area contributed by atoms with Crippen LogP contribution in [-0.2, 0) is 14.3 Å². The second-order valence-corrected chi connectivity index (χ2v) is 6.99. The molecule has 2 aliphatic heterocycles. The minimum Gasteiger partial charge on any atom is -0.492 e. The summed E-state index contributed by atoms with van der Waals surface area (Å²) in [6.45, 7) is 1.00. The first-order valence-corrected chi connectivity index (χ1v) is 8.19. The smallest absolute Gasteiger partial charge is 0.313 e. The molecule has 1 saturated heterocycles. The fraction of sp³-hybridized carbons (Fsp3) is 0.500. The summed E-state index contributed by atoms with van der Waals surface area (Å²) in [4.78, 5) is 26.1. The van der Waals surface area contributed by atoms with E-state index in [0.29, 0.717) is 25.3 Å². The molecule has 1 N–H and O–H groups in total. The predicted octanol–water partition coefficient (Wildman–Crippen LogP) is 1.87. The number of benzene rings is 1. The zero-order chi connectivity index (χ0) is 16.6. The van der Waals surface area contributed by atoms with Gasteiger partial charge in [-0.3, -0.25) is 9.59 Å². The van der Waals surface area contributed by atoms with Gasteiger partial charge < -0.3 is 19.5 Å². The van der Waals surface area contributed by atoms with Crippen molar-refractivity contribution in [1.29, 1.82) is 0 Å². The zero-order valence-electron chi connectivity index (χ0n) is 12.8. The maximum absolute atomic E-state index is 12.8. The van der Waals surface area contributed by atoms with Gasteiger partial charge in [-0.2, -0.15) is 0 Å². The maximum Gasteiger partial charge on any atom is 0.313 e. The monoisotopic (exact) mass is 383 g/mol. The van der Waals surface area contributed by atoms with E-state index in [0.717, 1.165) is 10.0 Å². The van der Waals surface area contributed by atoms with Crippen LogP contribution >= 0.6 is 15.9 Å². The van der Waals surface area contributed by atoms with E-state index in [1.165, 1.54) is 7.11 Å². The average molecular weight is 384 g/mol. The summed E-state index contributed by atoms with van der Waals surface area (Å²) >= 11 is 3.41. The third-order valence-electron chi connectivity index (χ3n) is 4.59. The number of ether oxygens (including phenoxy) is 2. The highest BCUT2D eigenvalue weighted by molar-refractivity contribution is 9.10. The van der Waals surface area contributed by atoms with Crippen molar-refractivity contribution >= 4 is 27.8 Å². The van der Waals surface area contributed by atoms with Crippen LogP contribution in [0.25, 0.3) is 0 Å². The molecule has 2 atom stereocenters. The van der Waals surface area contributed by atoms with Gasteiger partial charge in [-0.1, -0.05) is 15.9 Å². The summed E-state index contributed by atoms with van der Waals surface area (Å²) in [7, 11) is 1.48. The van der Waals surface area contributed by atoms with Crippen LogP contribution in [0, 0.1) is 5.41 Å². The van der Waals surface area contributed by atoms with Gasteiger partial charge in [-0.15, -0.1) is 0 Å². The van der Waals surface area contributed by atoms with Gasteiger partial charge in [0.25, 0.3) is 0 Å². The van der Waals surface area contributed by atoms with Crippen LogP contribution in [-0.4, -0.2) is 55.3 Å². The second-order valence-electron chi connectivity index (χ2n) is 6.07. The third-order valence-corrected chi connectivity index (χ3v) is 5.08.